The van der Waals surface area contributed by atoms with Crippen LogP contribution in [0.4, 0.5) is 0 Å². The van der Waals surface area contributed by atoms with Gasteiger partial charge in [0.15, 0.2) is 0 Å². The third-order valence-electron chi connectivity index (χ3n) is 4.39. The van der Waals surface area contributed by atoms with Crippen molar-refractivity contribution in [2.75, 3.05) is 6.54 Å². The van der Waals surface area contributed by atoms with Gasteiger partial charge in [-0.25, -0.2) is 0 Å². The van der Waals surface area contributed by atoms with Gasteiger partial charge in [0.25, 0.3) is 0 Å². The first kappa shape index (κ1) is 11.4. The van der Waals surface area contributed by atoms with Crippen molar-refractivity contribution in [1.82, 2.24) is 5.32 Å². The van der Waals surface area contributed by atoms with E-state index in [0.717, 1.165) is 29.7 Å². The minimum Gasteiger partial charge on any atom is -0.313 e. The summed E-state index contributed by atoms with van der Waals surface area (Å²) in [5.41, 5.74) is 0. The predicted molar refractivity (Wildman–Crippen MR) is 65.9 cm³/mol. The summed E-state index contributed by atoms with van der Waals surface area (Å²) < 4.78 is 0. The van der Waals surface area contributed by atoms with E-state index in [1.165, 1.54) is 38.6 Å². The second kappa shape index (κ2) is 4.86. The first-order valence-electron chi connectivity index (χ1n) is 6.90. The van der Waals surface area contributed by atoms with Crippen molar-refractivity contribution in [3.8, 4) is 0 Å². The van der Waals surface area contributed by atoms with Crippen LogP contribution in [-0.4, -0.2) is 12.6 Å². The van der Waals surface area contributed by atoms with E-state index in [1.54, 1.807) is 0 Å². The SMILES string of the molecule is CC(C)[C@H]1CC[C@@H](C)C[C@@H]1NCC1CC1. The summed E-state index contributed by atoms with van der Waals surface area (Å²) >= 11 is 0. The summed E-state index contributed by atoms with van der Waals surface area (Å²) in [7, 11) is 0. The molecule has 0 saturated heterocycles. The molecule has 0 heterocycles. The lowest BCUT2D eigenvalue weighted by Gasteiger charge is -2.38. The van der Waals surface area contributed by atoms with Gasteiger partial charge in [0.05, 0.1) is 0 Å². The summed E-state index contributed by atoms with van der Waals surface area (Å²) in [5.74, 6) is 3.75. The van der Waals surface area contributed by atoms with Crippen LogP contribution in [0.2, 0.25) is 0 Å². The molecule has 3 atom stereocenters. The quantitative estimate of drug-likeness (QED) is 0.748. The monoisotopic (exact) mass is 209 g/mol. The first-order valence-corrected chi connectivity index (χ1v) is 6.90. The molecule has 0 aromatic heterocycles. The summed E-state index contributed by atoms with van der Waals surface area (Å²) in [6.07, 6.45) is 7.25. The van der Waals surface area contributed by atoms with E-state index in [4.69, 9.17) is 0 Å². The molecular formula is C14H27N. The molecule has 0 aromatic rings. The Labute approximate surface area is 95.0 Å². The van der Waals surface area contributed by atoms with E-state index in [0.29, 0.717) is 0 Å². The van der Waals surface area contributed by atoms with E-state index in [1.807, 2.05) is 0 Å². The maximum atomic E-state index is 3.85. The molecule has 0 amide bonds. The summed E-state index contributed by atoms with van der Waals surface area (Å²) in [6.45, 7) is 8.50. The molecule has 1 heteroatoms. The maximum Gasteiger partial charge on any atom is 0.0100 e. The molecule has 2 rings (SSSR count). The van der Waals surface area contributed by atoms with Crippen LogP contribution in [0.5, 0.6) is 0 Å². The van der Waals surface area contributed by atoms with Crippen molar-refractivity contribution < 1.29 is 0 Å². The number of hydrogen-bond acceptors (Lipinski definition) is 1. The zero-order valence-electron chi connectivity index (χ0n) is 10.6. The molecule has 0 unspecified atom stereocenters. The van der Waals surface area contributed by atoms with Crippen molar-refractivity contribution >= 4 is 0 Å². The average molecular weight is 209 g/mol. The fourth-order valence-corrected chi connectivity index (χ4v) is 3.08. The molecule has 15 heavy (non-hydrogen) atoms. The van der Waals surface area contributed by atoms with Crippen LogP contribution in [0.3, 0.4) is 0 Å². The van der Waals surface area contributed by atoms with Gasteiger partial charge in [-0.15, -0.1) is 0 Å². The molecule has 2 aliphatic carbocycles. The van der Waals surface area contributed by atoms with E-state index < -0.39 is 0 Å². The lowest BCUT2D eigenvalue weighted by Crippen LogP contribution is -2.43. The molecule has 2 fully saturated rings. The van der Waals surface area contributed by atoms with Crippen LogP contribution in [0, 0.1) is 23.7 Å². The number of nitrogens with one attached hydrogen (secondary N) is 1. The Hall–Kier alpha value is -0.0400. The fraction of sp³-hybridized carbons (Fsp3) is 1.00. The van der Waals surface area contributed by atoms with Gasteiger partial charge >= 0.3 is 0 Å². The van der Waals surface area contributed by atoms with Crippen LogP contribution in [0.15, 0.2) is 0 Å². The highest BCUT2D eigenvalue weighted by molar-refractivity contribution is 4.87. The average Bonchev–Trinajstić information content (AvgIpc) is 2.97. The van der Waals surface area contributed by atoms with Crippen LogP contribution in [0.1, 0.15) is 52.9 Å². The van der Waals surface area contributed by atoms with Crippen molar-refractivity contribution in [2.45, 2.75) is 58.9 Å². The van der Waals surface area contributed by atoms with Crippen molar-refractivity contribution in [3.05, 3.63) is 0 Å². The van der Waals surface area contributed by atoms with Gasteiger partial charge in [-0.1, -0.05) is 27.2 Å². The second-order valence-electron chi connectivity index (χ2n) is 6.28. The van der Waals surface area contributed by atoms with Crippen LogP contribution >= 0.6 is 0 Å². The van der Waals surface area contributed by atoms with Gasteiger partial charge in [0.1, 0.15) is 0 Å². The van der Waals surface area contributed by atoms with E-state index in [9.17, 15) is 0 Å². The van der Waals surface area contributed by atoms with E-state index in [2.05, 4.69) is 26.1 Å². The standard InChI is InChI=1S/C14H27N/c1-10(2)13-7-4-11(3)8-14(13)15-9-12-5-6-12/h10-15H,4-9H2,1-3H3/t11-,13-,14+/m1/s1. The largest absolute Gasteiger partial charge is 0.313 e. The van der Waals surface area contributed by atoms with Gasteiger partial charge < -0.3 is 5.32 Å². The highest BCUT2D eigenvalue weighted by Crippen LogP contribution is 2.34. The summed E-state index contributed by atoms with van der Waals surface area (Å²) in [6, 6.07) is 0.814. The Kier molecular flexibility index (Phi) is 3.71. The highest BCUT2D eigenvalue weighted by Gasteiger charge is 2.31. The molecule has 0 aromatic carbocycles. The molecule has 0 bridgehead atoms. The van der Waals surface area contributed by atoms with Gasteiger partial charge in [0, 0.05) is 6.04 Å². The molecule has 88 valence electrons. The smallest absolute Gasteiger partial charge is 0.0100 e. The fourth-order valence-electron chi connectivity index (χ4n) is 3.08. The highest BCUT2D eigenvalue weighted by atomic mass is 14.9. The third-order valence-corrected chi connectivity index (χ3v) is 4.39. The van der Waals surface area contributed by atoms with E-state index in [-0.39, 0.29) is 0 Å². The van der Waals surface area contributed by atoms with Crippen molar-refractivity contribution in [3.63, 3.8) is 0 Å². The Balaban J connectivity index is 1.83. The van der Waals surface area contributed by atoms with Crippen LogP contribution < -0.4 is 5.32 Å². The minimum atomic E-state index is 0.814. The van der Waals surface area contributed by atoms with Gasteiger partial charge in [-0.2, -0.15) is 0 Å². The van der Waals surface area contributed by atoms with Gasteiger partial charge in [-0.05, 0) is 55.9 Å². The Morgan fingerprint density at radius 2 is 1.87 bits per heavy atom. The lowest BCUT2D eigenvalue weighted by molar-refractivity contribution is 0.169. The molecular weight excluding hydrogens is 182 g/mol. The molecule has 0 radical (unpaired) electrons. The minimum absolute atomic E-state index is 0.814. The van der Waals surface area contributed by atoms with E-state index >= 15 is 0 Å². The third kappa shape index (κ3) is 3.21. The zero-order valence-corrected chi connectivity index (χ0v) is 10.6. The summed E-state index contributed by atoms with van der Waals surface area (Å²) in [5, 5.41) is 3.85. The molecule has 1 nitrogen and oxygen atoms in total. The summed E-state index contributed by atoms with van der Waals surface area (Å²) in [4.78, 5) is 0. The van der Waals surface area contributed by atoms with Gasteiger partial charge in [0.2, 0.25) is 0 Å². The Morgan fingerprint density at radius 1 is 1.13 bits per heavy atom. The van der Waals surface area contributed by atoms with Crippen LogP contribution in [-0.2, 0) is 0 Å². The Morgan fingerprint density at radius 3 is 2.47 bits per heavy atom. The molecule has 2 saturated carbocycles. The maximum absolute atomic E-state index is 3.85. The molecule has 2 aliphatic rings. The zero-order chi connectivity index (χ0) is 10.8. The van der Waals surface area contributed by atoms with Gasteiger partial charge in [-0.3, -0.25) is 0 Å². The Bertz CT molecular complexity index is 196. The molecule has 1 N–H and O–H groups in total. The number of rotatable bonds is 4. The molecule has 0 spiro atoms. The van der Waals surface area contributed by atoms with Crippen LogP contribution in [0.25, 0.3) is 0 Å². The lowest BCUT2D eigenvalue weighted by atomic mass is 9.74. The second-order valence-corrected chi connectivity index (χ2v) is 6.28. The normalized spacial score (nSPS) is 37.2. The predicted octanol–water partition coefficient (Wildman–Crippen LogP) is 3.45. The first-order chi connectivity index (χ1) is 7.16. The van der Waals surface area contributed by atoms with Crippen molar-refractivity contribution in [2.24, 2.45) is 23.7 Å². The number of hydrogen-bond donors (Lipinski definition) is 1. The topological polar surface area (TPSA) is 12.0 Å². The molecule has 0 aliphatic heterocycles. The van der Waals surface area contributed by atoms with Crippen molar-refractivity contribution in [1.29, 1.82) is 0 Å².